The average molecular weight is 239 g/mol. The van der Waals surface area contributed by atoms with Gasteiger partial charge >= 0.3 is 0 Å². The Bertz CT molecular complexity index is 487. The summed E-state index contributed by atoms with van der Waals surface area (Å²) < 4.78 is 0. The maximum atomic E-state index is 4.05. The van der Waals surface area contributed by atoms with Crippen LogP contribution in [0.1, 0.15) is 19.3 Å². The highest BCUT2D eigenvalue weighted by Crippen LogP contribution is 2.24. The van der Waals surface area contributed by atoms with E-state index in [0.29, 0.717) is 0 Å². The summed E-state index contributed by atoms with van der Waals surface area (Å²) in [6, 6.07) is 8.71. The fraction of sp³-hybridized carbons (Fsp3) is 0.333. The van der Waals surface area contributed by atoms with E-state index in [4.69, 9.17) is 0 Å². The van der Waals surface area contributed by atoms with Crippen molar-refractivity contribution in [1.29, 1.82) is 0 Å². The molecule has 3 nitrogen and oxygen atoms in total. The lowest BCUT2D eigenvalue weighted by Gasteiger charge is -2.28. The van der Waals surface area contributed by atoms with Crippen LogP contribution >= 0.6 is 0 Å². The summed E-state index contributed by atoms with van der Waals surface area (Å²) in [5.74, 6) is 0. The van der Waals surface area contributed by atoms with Crippen LogP contribution in [0.15, 0.2) is 43.0 Å². The summed E-state index contributed by atoms with van der Waals surface area (Å²) in [7, 11) is 0. The Morgan fingerprint density at radius 3 is 2.11 bits per heavy atom. The molecule has 0 bridgehead atoms. The second-order valence-electron chi connectivity index (χ2n) is 4.72. The molecule has 18 heavy (non-hydrogen) atoms. The molecule has 0 unspecified atom stereocenters. The molecular weight excluding hydrogens is 222 g/mol. The Morgan fingerprint density at radius 2 is 1.44 bits per heavy atom. The maximum Gasteiger partial charge on any atom is 0.115 e. The second kappa shape index (κ2) is 5.17. The van der Waals surface area contributed by atoms with E-state index in [9.17, 15) is 0 Å². The smallest absolute Gasteiger partial charge is 0.115 e. The number of hydrogen-bond donors (Lipinski definition) is 0. The van der Waals surface area contributed by atoms with Crippen LogP contribution in [0.3, 0.4) is 0 Å². The normalized spacial score (nSPS) is 15.7. The van der Waals surface area contributed by atoms with E-state index in [-0.39, 0.29) is 0 Å². The van der Waals surface area contributed by atoms with E-state index in [1.165, 1.54) is 43.6 Å². The molecule has 92 valence electrons. The summed E-state index contributed by atoms with van der Waals surface area (Å²) in [5.41, 5.74) is 3.58. The van der Waals surface area contributed by atoms with Crippen LogP contribution in [0.2, 0.25) is 0 Å². The van der Waals surface area contributed by atoms with Gasteiger partial charge in [0.1, 0.15) is 6.33 Å². The quantitative estimate of drug-likeness (QED) is 0.806. The van der Waals surface area contributed by atoms with E-state index < -0.39 is 0 Å². The molecule has 0 spiro atoms. The minimum atomic E-state index is 1.07. The Hall–Kier alpha value is -1.90. The Morgan fingerprint density at radius 1 is 0.778 bits per heavy atom. The number of benzene rings is 1. The van der Waals surface area contributed by atoms with E-state index in [1.54, 1.807) is 6.33 Å². The Kier molecular flexibility index (Phi) is 3.22. The van der Waals surface area contributed by atoms with Gasteiger partial charge in [0.15, 0.2) is 0 Å². The van der Waals surface area contributed by atoms with E-state index >= 15 is 0 Å². The van der Waals surface area contributed by atoms with Gasteiger partial charge in [0, 0.05) is 36.7 Å². The highest BCUT2D eigenvalue weighted by Gasteiger charge is 2.10. The molecule has 0 saturated carbocycles. The molecule has 0 N–H and O–H groups in total. The van der Waals surface area contributed by atoms with Crippen LogP contribution in [0.25, 0.3) is 11.1 Å². The number of aromatic nitrogens is 2. The van der Waals surface area contributed by atoms with Gasteiger partial charge in [-0.05, 0) is 37.0 Å². The molecule has 2 heterocycles. The first-order valence-corrected chi connectivity index (χ1v) is 6.54. The second-order valence-corrected chi connectivity index (χ2v) is 4.72. The average Bonchev–Trinajstić information content (AvgIpc) is 2.49. The van der Waals surface area contributed by atoms with Gasteiger partial charge in [-0.1, -0.05) is 12.1 Å². The zero-order valence-electron chi connectivity index (χ0n) is 10.4. The molecular formula is C15H17N3. The lowest BCUT2D eigenvalue weighted by Crippen LogP contribution is -2.29. The van der Waals surface area contributed by atoms with Crippen molar-refractivity contribution >= 4 is 5.69 Å². The van der Waals surface area contributed by atoms with Gasteiger partial charge < -0.3 is 4.90 Å². The third-order valence-electron chi connectivity index (χ3n) is 3.48. The first kappa shape index (κ1) is 11.2. The SMILES string of the molecule is c1ncc(-c2ccc(N3CCCCC3)cc2)cn1. The molecule has 0 radical (unpaired) electrons. The van der Waals surface area contributed by atoms with Crippen molar-refractivity contribution in [3.05, 3.63) is 43.0 Å². The van der Waals surface area contributed by atoms with Gasteiger partial charge in [-0.25, -0.2) is 9.97 Å². The molecule has 1 aromatic carbocycles. The Balaban J connectivity index is 1.80. The molecule has 1 aliphatic heterocycles. The summed E-state index contributed by atoms with van der Waals surface area (Å²) in [6.07, 6.45) is 9.26. The van der Waals surface area contributed by atoms with Gasteiger partial charge in [-0.3, -0.25) is 0 Å². The first-order valence-electron chi connectivity index (χ1n) is 6.54. The lowest BCUT2D eigenvalue weighted by atomic mass is 10.1. The summed E-state index contributed by atoms with van der Waals surface area (Å²) >= 11 is 0. The van der Waals surface area contributed by atoms with Crippen LogP contribution < -0.4 is 4.90 Å². The van der Waals surface area contributed by atoms with Crippen molar-refractivity contribution < 1.29 is 0 Å². The van der Waals surface area contributed by atoms with Crippen LogP contribution in [-0.2, 0) is 0 Å². The van der Waals surface area contributed by atoms with Gasteiger partial charge in [-0.2, -0.15) is 0 Å². The van der Waals surface area contributed by atoms with Gasteiger partial charge in [0.25, 0.3) is 0 Å². The third kappa shape index (κ3) is 2.35. The standard InChI is InChI=1S/C15H17N3/c1-2-8-18(9-3-1)15-6-4-13(5-7-15)14-10-16-12-17-11-14/h4-7,10-12H,1-3,8-9H2. The molecule has 3 heteroatoms. The molecule has 0 amide bonds. The molecule has 3 rings (SSSR count). The lowest BCUT2D eigenvalue weighted by molar-refractivity contribution is 0.578. The molecule has 2 aromatic rings. The van der Waals surface area contributed by atoms with Gasteiger partial charge in [0.05, 0.1) is 0 Å². The highest BCUT2D eigenvalue weighted by molar-refractivity contribution is 5.64. The maximum absolute atomic E-state index is 4.05. The van der Waals surface area contributed by atoms with E-state index in [0.717, 1.165) is 5.56 Å². The van der Waals surface area contributed by atoms with Crippen molar-refractivity contribution in [2.45, 2.75) is 19.3 Å². The molecule has 0 atom stereocenters. The molecule has 1 fully saturated rings. The largest absolute Gasteiger partial charge is 0.372 e. The number of anilines is 1. The zero-order valence-corrected chi connectivity index (χ0v) is 10.4. The molecule has 1 aliphatic rings. The van der Waals surface area contributed by atoms with Crippen molar-refractivity contribution in [2.75, 3.05) is 18.0 Å². The fourth-order valence-electron chi connectivity index (χ4n) is 2.46. The predicted molar refractivity (Wildman–Crippen MR) is 73.5 cm³/mol. The number of rotatable bonds is 2. The van der Waals surface area contributed by atoms with Crippen LogP contribution in [0, 0.1) is 0 Å². The predicted octanol–water partition coefficient (Wildman–Crippen LogP) is 3.13. The highest BCUT2D eigenvalue weighted by atomic mass is 15.1. The number of piperidine rings is 1. The fourth-order valence-corrected chi connectivity index (χ4v) is 2.46. The minimum absolute atomic E-state index is 1.07. The third-order valence-corrected chi connectivity index (χ3v) is 3.48. The summed E-state index contributed by atoms with van der Waals surface area (Å²) in [4.78, 5) is 10.6. The molecule has 0 aliphatic carbocycles. The molecule has 1 aromatic heterocycles. The van der Waals surface area contributed by atoms with E-state index in [1.807, 2.05) is 12.4 Å². The molecule has 1 saturated heterocycles. The minimum Gasteiger partial charge on any atom is -0.372 e. The van der Waals surface area contributed by atoms with Crippen molar-refractivity contribution in [3.8, 4) is 11.1 Å². The Labute approximate surface area is 108 Å². The van der Waals surface area contributed by atoms with Crippen molar-refractivity contribution in [2.24, 2.45) is 0 Å². The van der Waals surface area contributed by atoms with Gasteiger partial charge in [-0.15, -0.1) is 0 Å². The van der Waals surface area contributed by atoms with Crippen LogP contribution in [0.4, 0.5) is 5.69 Å². The van der Waals surface area contributed by atoms with Crippen molar-refractivity contribution in [3.63, 3.8) is 0 Å². The first-order chi connectivity index (χ1) is 8.93. The van der Waals surface area contributed by atoms with Crippen LogP contribution in [-0.4, -0.2) is 23.1 Å². The zero-order chi connectivity index (χ0) is 12.2. The number of hydrogen-bond acceptors (Lipinski definition) is 3. The topological polar surface area (TPSA) is 29.0 Å². The summed E-state index contributed by atoms with van der Waals surface area (Å²) in [5, 5.41) is 0. The number of nitrogens with zero attached hydrogens (tertiary/aromatic N) is 3. The van der Waals surface area contributed by atoms with Gasteiger partial charge in [0.2, 0.25) is 0 Å². The monoisotopic (exact) mass is 239 g/mol. The van der Waals surface area contributed by atoms with Crippen molar-refractivity contribution in [1.82, 2.24) is 9.97 Å². The summed E-state index contributed by atoms with van der Waals surface area (Å²) in [6.45, 7) is 2.38. The van der Waals surface area contributed by atoms with Crippen LogP contribution in [0.5, 0.6) is 0 Å². The van der Waals surface area contributed by atoms with E-state index in [2.05, 4.69) is 39.1 Å².